The molecule has 1 aliphatic carbocycles. The first-order chi connectivity index (χ1) is 15.0. The Labute approximate surface area is 190 Å². The summed E-state index contributed by atoms with van der Waals surface area (Å²) in [5, 5.41) is 0. The molecule has 1 aromatic carbocycles. The van der Waals surface area contributed by atoms with Gasteiger partial charge in [-0.2, -0.15) is 4.31 Å². The van der Waals surface area contributed by atoms with Crippen LogP contribution >= 0.6 is 0 Å². The number of ketones is 2. The average molecular weight is 457 g/mol. The van der Waals surface area contributed by atoms with E-state index in [0.29, 0.717) is 42.0 Å². The molecule has 2 aliphatic rings. The third kappa shape index (κ3) is 4.08. The normalized spacial score (nSPS) is 18.7. The fourth-order valence-electron chi connectivity index (χ4n) is 5.22. The molecule has 0 saturated carbocycles. The first-order valence-corrected chi connectivity index (χ1v) is 12.8. The van der Waals surface area contributed by atoms with Gasteiger partial charge in [0.05, 0.1) is 11.4 Å². The second kappa shape index (κ2) is 8.27. The van der Waals surface area contributed by atoms with Crippen LogP contribution in [0.5, 0.6) is 0 Å². The fourth-order valence-corrected chi connectivity index (χ4v) is 6.96. The number of hydrogen-bond acceptors (Lipinski definition) is 4. The van der Waals surface area contributed by atoms with Crippen molar-refractivity contribution in [3.63, 3.8) is 0 Å². The number of carbonyl (C=O) groups excluding carboxylic acids is 2. The number of rotatable bonds is 6. The van der Waals surface area contributed by atoms with Crippen LogP contribution in [0.2, 0.25) is 0 Å². The average Bonchev–Trinajstić information content (AvgIpc) is 3.32. The van der Waals surface area contributed by atoms with Crippen LogP contribution in [0.15, 0.2) is 29.2 Å². The highest BCUT2D eigenvalue weighted by Crippen LogP contribution is 2.40. The van der Waals surface area contributed by atoms with Crippen LogP contribution in [-0.4, -0.2) is 41.9 Å². The summed E-state index contributed by atoms with van der Waals surface area (Å²) in [6, 6.07) is 7.11. The van der Waals surface area contributed by atoms with Crippen LogP contribution in [0.3, 0.4) is 0 Å². The van der Waals surface area contributed by atoms with Gasteiger partial charge in [-0.3, -0.25) is 9.59 Å². The first kappa shape index (κ1) is 22.9. The maximum absolute atomic E-state index is 13.3. The third-order valence-electron chi connectivity index (χ3n) is 6.73. The van der Waals surface area contributed by atoms with Crippen molar-refractivity contribution < 1.29 is 18.0 Å². The smallest absolute Gasteiger partial charge is 0.243 e. The van der Waals surface area contributed by atoms with Crippen molar-refractivity contribution in [2.24, 2.45) is 5.41 Å². The van der Waals surface area contributed by atoms with Crippen molar-refractivity contribution in [1.29, 1.82) is 0 Å². The zero-order chi connectivity index (χ0) is 23.3. The minimum Gasteiger partial charge on any atom is -0.341 e. The van der Waals surface area contributed by atoms with Crippen LogP contribution < -0.4 is 0 Å². The molecule has 4 rings (SSSR count). The Morgan fingerprint density at radius 3 is 2.41 bits per heavy atom. The molecule has 1 saturated heterocycles. The lowest BCUT2D eigenvalue weighted by Gasteiger charge is -2.30. The van der Waals surface area contributed by atoms with Gasteiger partial charge >= 0.3 is 0 Å². The predicted octanol–water partition coefficient (Wildman–Crippen LogP) is 3.92. The summed E-state index contributed by atoms with van der Waals surface area (Å²) in [4.78, 5) is 25.6. The van der Waals surface area contributed by atoms with E-state index in [9.17, 15) is 18.0 Å². The molecule has 1 aliphatic heterocycles. The number of hydrogen-bond donors (Lipinski definition) is 0. The van der Waals surface area contributed by atoms with Crippen molar-refractivity contribution in [2.75, 3.05) is 13.1 Å². The lowest BCUT2D eigenvalue weighted by molar-refractivity contribution is -0.117. The van der Waals surface area contributed by atoms with Crippen LogP contribution in [0, 0.1) is 12.3 Å². The molecule has 1 fully saturated rings. The minimum atomic E-state index is -3.58. The van der Waals surface area contributed by atoms with E-state index in [2.05, 4.69) is 13.8 Å². The van der Waals surface area contributed by atoms with Crippen molar-refractivity contribution >= 4 is 21.6 Å². The maximum atomic E-state index is 13.3. The Hall–Kier alpha value is -2.25. The van der Waals surface area contributed by atoms with E-state index in [-0.39, 0.29) is 23.5 Å². The second-order valence-corrected chi connectivity index (χ2v) is 11.9. The van der Waals surface area contributed by atoms with E-state index in [1.807, 2.05) is 23.6 Å². The van der Waals surface area contributed by atoms with Gasteiger partial charge in [-0.15, -0.1) is 0 Å². The number of carbonyl (C=O) groups is 2. The van der Waals surface area contributed by atoms with Crippen LogP contribution in [0.25, 0.3) is 0 Å². The molecule has 1 aromatic heterocycles. The predicted molar refractivity (Wildman–Crippen MR) is 124 cm³/mol. The molecule has 0 unspecified atom stereocenters. The van der Waals surface area contributed by atoms with E-state index >= 15 is 0 Å². The van der Waals surface area contributed by atoms with Gasteiger partial charge in [0.2, 0.25) is 10.0 Å². The molecule has 0 radical (unpaired) electrons. The van der Waals surface area contributed by atoms with E-state index in [1.165, 1.54) is 0 Å². The van der Waals surface area contributed by atoms with Crippen LogP contribution in [0.1, 0.15) is 72.9 Å². The molecule has 7 heteroatoms. The highest BCUT2D eigenvalue weighted by molar-refractivity contribution is 7.89. The highest BCUT2D eigenvalue weighted by Gasteiger charge is 2.37. The van der Waals surface area contributed by atoms with Crippen LogP contribution in [0.4, 0.5) is 0 Å². The number of fused-ring (bicyclic) bond motifs is 1. The van der Waals surface area contributed by atoms with Crippen LogP contribution in [-0.2, 0) is 34.2 Å². The number of sulfonamides is 1. The molecule has 0 N–H and O–H groups in total. The molecule has 2 heterocycles. The standard InChI is InChI=1S/C25H32N2O4S/c1-17(28)16-27-18(2)20(24-21(27)14-25(3,4)15-22(24)29)13-19-9-5-6-10-23(19)32(30,31)26-11-7-8-12-26/h5-6,9-10H,7-8,11-16H2,1-4H3. The quantitative estimate of drug-likeness (QED) is 0.660. The summed E-state index contributed by atoms with van der Waals surface area (Å²) in [5.74, 6) is 0.113. The lowest BCUT2D eigenvalue weighted by Crippen LogP contribution is -2.29. The molecule has 6 nitrogen and oxygen atoms in total. The molecule has 0 atom stereocenters. The van der Waals surface area contributed by atoms with Gasteiger partial charge in [0.15, 0.2) is 5.78 Å². The summed E-state index contributed by atoms with van der Waals surface area (Å²) in [5.41, 5.74) is 3.86. The van der Waals surface area contributed by atoms with Gasteiger partial charge in [0.25, 0.3) is 0 Å². The number of benzene rings is 1. The third-order valence-corrected chi connectivity index (χ3v) is 8.72. The summed E-state index contributed by atoms with van der Waals surface area (Å²) in [6.07, 6.45) is 3.28. The zero-order valence-electron chi connectivity index (χ0n) is 19.4. The van der Waals surface area contributed by atoms with Crippen molar-refractivity contribution in [3.05, 3.63) is 52.3 Å². The van der Waals surface area contributed by atoms with Gasteiger partial charge in [0.1, 0.15) is 5.78 Å². The number of nitrogens with zero attached hydrogens (tertiary/aromatic N) is 2. The maximum Gasteiger partial charge on any atom is 0.243 e. The first-order valence-electron chi connectivity index (χ1n) is 11.3. The van der Waals surface area contributed by atoms with Gasteiger partial charge < -0.3 is 4.57 Å². The van der Waals surface area contributed by atoms with Crippen molar-refractivity contribution in [2.45, 2.75) is 71.2 Å². The van der Waals surface area contributed by atoms with Gasteiger partial charge in [0, 0.05) is 42.9 Å². The van der Waals surface area contributed by atoms with Gasteiger partial charge in [-0.1, -0.05) is 32.0 Å². The number of Topliss-reactive ketones (excluding diaryl/α,β-unsaturated/α-hetero) is 2. The van der Waals surface area contributed by atoms with E-state index in [1.54, 1.807) is 23.4 Å². The van der Waals surface area contributed by atoms with Crippen molar-refractivity contribution in [1.82, 2.24) is 8.87 Å². The molecule has 32 heavy (non-hydrogen) atoms. The monoisotopic (exact) mass is 456 g/mol. The summed E-state index contributed by atoms with van der Waals surface area (Å²) in [6.45, 7) is 8.97. The molecule has 172 valence electrons. The molecule has 0 spiro atoms. The van der Waals surface area contributed by atoms with Gasteiger partial charge in [-0.25, -0.2) is 8.42 Å². The lowest BCUT2D eigenvalue weighted by atomic mass is 9.75. The summed E-state index contributed by atoms with van der Waals surface area (Å²) in [7, 11) is -3.58. The Morgan fingerprint density at radius 1 is 1.09 bits per heavy atom. The Kier molecular flexibility index (Phi) is 5.92. The zero-order valence-corrected chi connectivity index (χ0v) is 20.2. The SMILES string of the molecule is CC(=O)Cn1c(C)c(Cc2ccccc2S(=O)(=O)N2CCCC2)c2c1CC(C)(C)CC2=O. The highest BCUT2D eigenvalue weighted by atomic mass is 32.2. The largest absolute Gasteiger partial charge is 0.341 e. The number of aromatic nitrogens is 1. The molecule has 0 amide bonds. The molecular formula is C25H32N2O4S. The fraction of sp³-hybridized carbons (Fsp3) is 0.520. The molecular weight excluding hydrogens is 424 g/mol. The Bertz CT molecular complexity index is 1180. The summed E-state index contributed by atoms with van der Waals surface area (Å²) < 4.78 is 30.2. The van der Waals surface area contributed by atoms with Gasteiger partial charge in [-0.05, 0) is 55.7 Å². The summed E-state index contributed by atoms with van der Waals surface area (Å²) >= 11 is 0. The minimum absolute atomic E-state index is 0.0327. The van der Waals surface area contributed by atoms with E-state index < -0.39 is 10.0 Å². The molecule has 2 aromatic rings. The Balaban J connectivity index is 1.83. The topological polar surface area (TPSA) is 76.5 Å². The van der Waals surface area contributed by atoms with E-state index in [0.717, 1.165) is 36.2 Å². The Morgan fingerprint density at radius 2 is 1.75 bits per heavy atom. The van der Waals surface area contributed by atoms with Crippen molar-refractivity contribution in [3.8, 4) is 0 Å². The second-order valence-electron chi connectivity index (χ2n) is 10.0. The van der Waals surface area contributed by atoms with E-state index in [4.69, 9.17) is 0 Å². The molecule has 0 bridgehead atoms.